The van der Waals surface area contributed by atoms with Gasteiger partial charge >= 0.3 is 5.97 Å². The highest BCUT2D eigenvalue weighted by atomic mass is 16.5. The van der Waals surface area contributed by atoms with E-state index in [4.69, 9.17) is 14.3 Å². The van der Waals surface area contributed by atoms with Crippen molar-refractivity contribution in [3.8, 4) is 5.75 Å². The molecule has 1 aromatic carbocycles. The highest BCUT2D eigenvalue weighted by molar-refractivity contribution is 5.88. The maximum Gasteiger partial charge on any atom is 0.339 e. The predicted octanol–water partition coefficient (Wildman–Crippen LogP) is 3.11. The Hall–Kier alpha value is -2.82. The standard InChI is InChI=1S/C15H11NO4/c17-15(18)12-5-7-19-14(12)9-20-11-4-3-10-2-1-6-16-13(10)8-11/h1-8H,9H2,(H,17,18). The van der Waals surface area contributed by atoms with Crippen LogP contribution in [0.1, 0.15) is 16.1 Å². The van der Waals surface area contributed by atoms with E-state index >= 15 is 0 Å². The Balaban J connectivity index is 1.79. The molecule has 3 rings (SSSR count). The van der Waals surface area contributed by atoms with Crippen molar-refractivity contribution in [1.82, 2.24) is 4.98 Å². The molecule has 0 atom stereocenters. The van der Waals surface area contributed by atoms with E-state index < -0.39 is 5.97 Å². The first kappa shape index (κ1) is 12.2. The molecule has 0 aliphatic heterocycles. The molecule has 0 saturated heterocycles. The van der Waals surface area contributed by atoms with Crippen LogP contribution in [-0.4, -0.2) is 16.1 Å². The molecule has 0 radical (unpaired) electrons. The molecule has 2 heterocycles. The third-order valence-electron chi connectivity index (χ3n) is 2.92. The molecule has 0 aliphatic carbocycles. The molecule has 20 heavy (non-hydrogen) atoms. The molecule has 0 unspecified atom stereocenters. The SMILES string of the molecule is O=C(O)c1ccoc1COc1ccc2cccnc2c1. The van der Waals surface area contributed by atoms with Crippen molar-refractivity contribution in [2.75, 3.05) is 0 Å². The summed E-state index contributed by atoms with van der Waals surface area (Å²) in [6.07, 6.45) is 3.05. The van der Waals surface area contributed by atoms with E-state index in [1.807, 2.05) is 24.3 Å². The molecule has 5 nitrogen and oxygen atoms in total. The minimum Gasteiger partial charge on any atom is -0.486 e. The molecular formula is C15H11NO4. The van der Waals surface area contributed by atoms with Gasteiger partial charge in [-0.05, 0) is 24.3 Å². The second kappa shape index (κ2) is 5.05. The first-order valence-electron chi connectivity index (χ1n) is 6.01. The van der Waals surface area contributed by atoms with E-state index in [9.17, 15) is 4.79 Å². The van der Waals surface area contributed by atoms with Gasteiger partial charge in [0, 0.05) is 17.6 Å². The minimum absolute atomic E-state index is 0.0625. The van der Waals surface area contributed by atoms with Crippen LogP contribution in [0.2, 0.25) is 0 Å². The lowest BCUT2D eigenvalue weighted by atomic mass is 10.2. The zero-order valence-corrected chi connectivity index (χ0v) is 10.4. The van der Waals surface area contributed by atoms with Gasteiger partial charge in [-0.3, -0.25) is 4.98 Å². The predicted molar refractivity (Wildman–Crippen MR) is 71.7 cm³/mol. The van der Waals surface area contributed by atoms with Gasteiger partial charge < -0.3 is 14.3 Å². The Kier molecular flexibility index (Phi) is 3.09. The van der Waals surface area contributed by atoms with Crippen LogP contribution in [0.5, 0.6) is 5.75 Å². The summed E-state index contributed by atoms with van der Waals surface area (Å²) in [5.41, 5.74) is 0.937. The lowest BCUT2D eigenvalue weighted by molar-refractivity contribution is 0.0692. The zero-order chi connectivity index (χ0) is 13.9. The highest BCUT2D eigenvalue weighted by Gasteiger charge is 2.13. The number of rotatable bonds is 4. The summed E-state index contributed by atoms with van der Waals surface area (Å²) >= 11 is 0. The van der Waals surface area contributed by atoms with Crippen LogP contribution in [0, 0.1) is 0 Å². The topological polar surface area (TPSA) is 72.6 Å². The van der Waals surface area contributed by atoms with Crippen LogP contribution >= 0.6 is 0 Å². The third-order valence-corrected chi connectivity index (χ3v) is 2.92. The van der Waals surface area contributed by atoms with Gasteiger partial charge in [-0.1, -0.05) is 6.07 Å². The number of carboxylic acid groups (broad SMARTS) is 1. The van der Waals surface area contributed by atoms with Crippen molar-refractivity contribution in [3.05, 3.63) is 60.2 Å². The molecule has 0 bridgehead atoms. The number of ether oxygens (including phenoxy) is 1. The van der Waals surface area contributed by atoms with Crippen LogP contribution in [-0.2, 0) is 6.61 Å². The number of aromatic nitrogens is 1. The molecule has 0 fully saturated rings. The summed E-state index contributed by atoms with van der Waals surface area (Å²) in [6.45, 7) is 0.0625. The van der Waals surface area contributed by atoms with Gasteiger partial charge in [0.1, 0.15) is 17.9 Å². The summed E-state index contributed by atoms with van der Waals surface area (Å²) < 4.78 is 10.7. The Morgan fingerprint density at radius 2 is 2.20 bits per heavy atom. The van der Waals surface area contributed by atoms with Gasteiger partial charge in [0.2, 0.25) is 0 Å². The van der Waals surface area contributed by atoms with Crippen molar-refractivity contribution in [1.29, 1.82) is 0 Å². The first-order chi connectivity index (χ1) is 9.74. The molecule has 1 N–H and O–H groups in total. The van der Waals surface area contributed by atoms with Gasteiger partial charge in [-0.15, -0.1) is 0 Å². The number of carboxylic acids is 1. The Morgan fingerprint density at radius 1 is 1.30 bits per heavy atom. The minimum atomic E-state index is -1.03. The summed E-state index contributed by atoms with van der Waals surface area (Å²) in [4.78, 5) is 15.2. The largest absolute Gasteiger partial charge is 0.486 e. The quantitative estimate of drug-likeness (QED) is 0.787. The molecule has 0 amide bonds. The van der Waals surface area contributed by atoms with E-state index in [1.165, 1.54) is 12.3 Å². The van der Waals surface area contributed by atoms with Gasteiger partial charge in [-0.2, -0.15) is 0 Å². The number of furan rings is 1. The second-order valence-electron chi connectivity index (χ2n) is 4.21. The molecule has 0 saturated carbocycles. The van der Waals surface area contributed by atoms with Crippen molar-refractivity contribution < 1.29 is 19.1 Å². The Labute approximate surface area is 114 Å². The molecule has 100 valence electrons. The average molecular weight is 269 g/mol. The van der Waals surface area contributed by atoms with Crippen LogP contribution in [0.25, 0.3) is 10.9 Å². The van der Waals surface area contributed by atoms with E-state index in [1.54, 1.807) is 12.3 Å². The maximum atomic E-state index is 10.9. The molecule has 0 spiro atoms. The fourth-order valence-corrected chi connectivity index (χ4v) is 1.93. The van der Waals surface area contributed by atoms with Gasteiger partial charge in [0.05, 0.1) is 11.8 Å². The number of benzene rings is 1. The smallest absolute Gasteiger partial charge is 0.339 e. The van der Waals surface area contributed by atoms with Crippen LogP contribution in [0.4, 0.5) is 0 Å². The molecular weight excluding hydrogens is 258 g/mol. The first-order valence-corrected chi connectivity index (χ1v) is 6.01. The van der Waals surface area contributed by atoms with Crippen LogP contribution in [0.3, 0.4) is 0 Å². The number of carbonyl (C=O) groups is 1. The van der Waals surface area contributed by atoms with E-state index in [0.29, 0.717) is 11.5 Å². The second-order valence-corrected chi connectivity index (χ2v) is 4.21. The van der Waals surface area contributed by atoms with Crippen molar-refractivity contribution in [3.63, 3.8) is 0 Å². The number of pyridine rings is 1. The number of hydrogen-bond donors (Lipinski definition) is 1. The zero-order valence-electron chi connectivity index (χ0n) is 10.4. The lowest BCUT2D eigenvalue weighted by Gasteiger charge is -2.06. The monoisotopic (exact) mass is 269 g/mol. The maximum absolute atomic E-state index is 10.9. The molecule has 3 aromatic rings. The van der Waals surface area contributed by atoms with Gasteiger partial charge in [-0.25, -0.2) is 4.79 Å². The van der Waals surface area contributed by atoms with E-state index in [-0.39, 0.29) is 12.2 Å². The summed E-state index contributed by atoms with van der Waals surface area (Å²) in [5, 5.41) is 9.99. The fourth-order valence-electron chi connectivity index (χ4n) is 1.93. The number of fused-ring (bicyclic) bond motifs is 1. The van der Waals surface area contributed by atoms with Crippen molar-refractivity contribution >= 4 is 16.9 Å². The third kappa shape index (κ3) is 2.33. The highest BCUT2D eigenvalue weighted by Crippen LogP contribution is 2.20. The van der Waals surface area contributed by atoms with E-state index in [2.05, 4.69) is 4.98 Å². The average Bonchev–Trinajstić information content (AvgIpc) is 2.93. The number of aromatic carboxylic acids is 1. The normalized spacial score (nSPS) is 10.6. The number of nitrogens with zero attached hydrogens (tertiary/aromatic N) is 1. The molecule has 0 aliphatic rings. The van der Waals surface area contributed by atoms with E-state index in [0.717, 1.165) is 10.9 Å². The lowest BCUT2D eigenvalue weighted by Crippen LogP contribution is -2.02. The summed E-state index contributed by atoms with van der Waals surface area (Å²) in [6, 6.07) is 10.7. The molecule has 5 heteroatoms. The fraction of sp³-hybridized carbons (Fsp3) is 0.0667. The Morgan fingerprint density at radius 3 is 3.05 bits per heavy atom. The number of hydrogen-bond acceptors (Lipinski definition) is 4. The molecule has 2 aromatic heterocycles. The Bertz CT molecular complexity index is 763. The summed E-state index contributed by atoms with van der Waals surface area (Å²) in [5.74, 6) is -0.125. The van der Waals surface area contributed by atoms with Gasteiger partial charge in [0.15, 0.2) is 5.76 Å². The van der Waals surface area contributed by atoms with Crippen LogP contribution < -0.4 is 4.74 Å². The van der Waals surface area contributed by atoms with Crippen molar-refractivity contribution in [2.24, 2.45) is 0 Å². The van der Waals surface area contributed by atoms with Gasteiger partial charge in [0.25, 0.3) is 0 Å². The van der Waals surface area contributed by atoms with Crippen molar-refractivity contribution in [2.45, 2.75) is 6.61 Å². The van der Waals surface area contributed by atoms with Crippen LogP contribution in [0.15, 0.2) is 53.3 Å². The summed E-state index contributed by atoms with van der Waals surface area (Å²) in [7, 11) is 0.